The first-order valence-electron chi connectivity index (χ1n) is 7.41. The van der Waals surface area contributed by atoms with Gasteiger partial charge in [-0.3, -0.25) is 14.5 Å². The molecule has 3 rings (SSSR count). The van der Waals surface area contributed by atoms with Gasteiger partial charge in [0.2, 0.25) is 5.91 Å². The number of nitrogens with zero attached hydrogens (tertiary/aromatic N) is 1. The van der Waals surface area contributed by atoms with E-state index < -0.39 is 15.9 Å². The van der Waals surface area contributed by atoms with Crippen LogP contribution in [-0.4, -0.2) is 25.2 Å². The summed E-state index contributed by atoms with van der Waals surface area (Å²) in [5.41, 5.74) is 6.47. The van der Waals surface area contributed by atoms with Crippen LogP contribution in [-0.2, 0) is 10.0 Å². The van der Waals surface area contributed by atoms with E-state index in [4.69, 9.17) is 5.73 Å². The number of anilines is 2. The average Bonchev–Trinajstić information content (AvgIpc) is 2.60. The van der Waals surface area contributed by atoms with Crippen molar-refractivity contribution in [3.8, 4) is 0 Å². The number of sulfonamides is 1. The van der Waals surface area contributed by atoms with Gasteiger partial charge >= 0.3 is 0 Å². The zero-order valence-corrected chi connectivity index (χ0v) is 14.0. The topological polar surface area (TPSA) is 114 Å². The molecule has 1 heterocycles. The Bertz CT molecular complexity index is 1030. The molecule has 0 saturated heterocycles. The van der Waals surface area contributed by atoms with Crippen molar-refractivity contribution in [3.63, 3.8) is 0 Å². The number of hydrogen-bond acceptors (Lipinski definition) is 5. The van der Waals surface area contributed by atoms with Crippen LogP contribution >= 0.6 is 0 Å². The van der Waals surface area contributed by atoms with Gasteiger partial charge in [0.25, 0.3) is 10.0 Å². The van der Waals surface area contributed by atoms with Crippen LogP contribution in [0.2, 0.25) is 0 Å². The molecular weight excluding hydrogens is 340 g/mol. The summed E-state index contributed by atoms with van der Waals surface area (Å²) >= 11 is 0. The SMILES string of the molecule is NC(=O)c1cccc(NCS(=O)(=O)Nc2ccc3cnccc3c2)c1. The molecule has 0 fully saturated rings. The van der Waals surface area contributed by atoms with Crippen molar-refractivity contribution in [1.82, 2.24) is 4.98 Å². The molecule has 3 aromatic rings. The first kappa shape index (κ1) is 16.7. The Hall–Kier alpha value is -3.13. The van der Waals surface area contributed by atoms with E-state index in [0.29, 0.717) is 16.9 Å². The second kappa shape index (κ2) is 6.78. The van der Waals surface area contributed by atoms with Gasteiger partial charge in [-0.15, -0.1) is 0 Å². The van der Waals surface area contributed by atoms with E-state index in [0.717, 1.165) is 10.8 Å². The van der Waals surface area contributed by atoms with E-state index in [9.17, 15) is 13.2 Å². The van der Waals surface area contributed by atoms with Gasteiger partial charge in [-0.05, 0) is 41.8 Å². The number of carbonyl (C=O) groups excluding carboxylic acids is 1. The molecule has 0 bridgehead atoms. The Morgan fingerprint density at radius 3 is 2.68 bits per heavy atom. The number of carbonyl (C=O) groups is 1. The summed E-state index contributed by atoms with van der Waals surface area (Å²) < 4.78 is 27.0. The van der Waals surface area contributed by atoms with Crippen LogP contribution in [0.4, 0.5) is 11.4 Å². The molecule has 4 N–H and O–H groups in total. The zero-order valence-electron chi connectivity index (χ0n) is 13.1. The van der Waals surface area contributed by atoms with Gasteiger partial charge < -0.3 is 11.1 Å². The quantitative estimate of drug-likeness (QED) is 0.626. The fourth-order valence-corrected chi connectivity index (χ4v) is 3.24. The summed E-state index contributed by atoms with van der Waals surface area (Å²) in [6.07, 6.45) is 3.36. The lowest BCUT2D eigenvalue weighted by Gasteiger charge is -2.11. The standard InChI is InChI=1S/C17H16N4O3S/c18-17(22)13-2-1-3-15(9-13)20-11-25(23,24)21-16-5-4-14-10-19-7-6-12(14)8-16/h1-10,20-21H,11H2,(H2,18,22). The highest BCUT2D eigenvalue weighted by Crippen LogP contribution is 2.19. The van der Waals surface area contributed by atoms with Crippen LogP contribution in [0.15, 0.2) is 60.9 Å². The molecular formula is C17H16N4O3S. The van der Waals surface area contributed by atoms with Crippen LogP contribution in [0.3, 0.4) is 0 Å². The third-order valence-corrected chi connectivity index (χ3v) is 4.60. The maximum atomic E-state index is 12.3. The number of nitrogens with one attached hydrogen (secondary N) is 2. The lowest BCUT2D eigenvalue weighted by atomic mass is 10.2. The molecule has 0 aliphatic rings. The van der Waals surface area contributed by atoms with Crippen molar-refractivity contribution in [1.29, 1.82) is 0 Å². The molecule has 1 amide bonds. The minimum absolute atomic E-state index is 0.304. The number of pyridine rings is 1. The lowest BCUT2D eigenvalue weighted by Crippen LogP contribution is -2.22. The molecule has 1 aromatic heterocycles. The third kappa shape index (κ3) is 4.24. The maximum Gasteiger partial charge on any atom is 0.250 e. The minimum atomic E-state index is -3.63. The van der Waals surface area contributed by atoms with Gasteiger partial charge in [0.1, 0.15) is 5.88 Å². The molecule has 0 atom stereocenters. The predicted molar refractivity (Wildman–Crippen MR) is 97.7 cm³/mol. The molecule has 2 aromatic carbocycles. The monoisotopic (exact) mass is 356 g/mol. The Labute approximate surface area is 144 Å². The molecule has 8 heteroatoms. The summed E-state index contributed by atoms with van der Waals surface area (Å²) in [4.78, 5) is 15.2. The Morgan fingerprint density at radius 2 is 1.88 bits per heavy atom. The van der Waals surface area contributed by atoms with Crippen molar-refractivity contribution >= 4 is 38.1 Å². The lowest BCUT2D eigenvalue weighted by molar-refractivity contribution is 0.100. The molecule has 0 saturated carbocycles. The first-order valence-corrected chi connectivity index (χ1v) is 9.06. The van der Waals surface area contributed by atoms with Gasteiger partial charge in [0.15, 0.2) is 0 Å². The normalized spacial score (nSPS) is 11.2. The Kier molecular flexibility index (Phi) is 4.53. The maximum absolute atomic E-state index is 12.3. The Balaban J connectivity index is 1.71. The van der Waals surface area contributed by atoms with Crippen LogP contribution < -0.4 is 15.8 Å². The Morgan fingerprint density at radius 1 is 1.04 bits per heavy atom. The molecule has 0 aliphatic carbocycles. The molecule has 0 aliphatic heterocycles. The summed E-state index contributed by atoms with van der Waals surface area (Å²) in [5.74, 6) is -0.917. The number of benzene rings is 2. The largest absolute Gasteiger partial charge is 0.370 e. The first-order chi connectivity index (χ1) is 11.9. The molecule has 0 radical (unpaired) electrons. The van der Waals surface area contributed by atoms with Crippen LogP contribution in [0.1, 0.15) is 10.4 Å². The number of rotatable bonds is 6. The van der Waals surface area contributed by atoms with Crippen LogP contribution in [0, 0.1) is 0 Å². The average molecular weight is 356 g/mol. The zero-order chi connectivity index (χ0) is 17.9. The van der Waals surface area contributed by atoms with E-state index in [1.54, 1.807) is 54.9 Å². The molecule has 0 spiro atoms. The van der Waals surface area contributed by atoms with Crippen LogP contribution in [0.25, 0.3) is 10.8 Å². The van der Waals surface area contributed by atoms with E-state index in [-0.39, 0.29) is 5.88 Å². The fraction of sp³-hybridized carbons (Fsp3) is 0.0588. The van der Waals surface area contributed by atoms with Gasteiger partial charge in [-0.2, -0.15) is 0 Å². The van der Waals surface area contributed by atoms with Gasteiger partial charge in [-0.1, -0.05) is 12.1 Å². The molecule has 128 valence electrons. The van der Waals surface area contributed by atoms with E-state index in [1.807, 2.05) is 0 Å². The van der Waals surface area contributed by atoms with Crippen molar-refractivity contribution in [2.24, 2.45) is 5.73 Å². The fourth-order valence-electron chi connectivity index (χ4n) is 2.32. The van der Waals surface area contributed by atoms with Gasteiger partial charge in [-0.25, -0.2) is 8.42 Å². The second-order valence-electron chi connectivity index (χ2n) is 5.42. The number of primary amides is 1. The van der Waals surface area contributed by atoms with Crippen molar-refractivity contribution in [2.75, 3.05) is 15.9 Å². The number of aromatic nitrogens is 1. The number of hydrogen-bond donors (Lipinski definition) is 3. The summed E-state index contributed by atoms with van der Waals surface area (Å²) in [7, 11) is -3.63. The second-order valence-corrected chi connectivity index (χ2v) is 7.14. The number of fused-ring (bicyclic) bond motifs is 1. The smallest absolute Gasteiger partial charge is 0.250 e. The van der Waals surface area contributed by atoms with Crippen molar-refractivity contribution < 1.29 is 13.2 Å². The highest BCUT2D eigenvalue weighted by molar-refractivity contribution is 7.92. The van der Waals surface area contributed by atoms with E-state index >= 15 is 0 Å². The van der Waals surface area contributed by atoms with Crippen molar-refractivity contribution in [2.45, 2.75) is 0 Å². The van der Waals surface area contributed by atoms with Crippen molar-refractivity contribution in [3.05, 3.63) is 66.5 Å². The van der Waals surface area contributed by atoms with E-state index in [2.05, 4.69) is 15.0 Å². The van der Waals surface area contributed by atoms with Crippen LogP contribution in [0.5, 0.6) is 0 Å². The van der Waals surface area contributed by atoms with E-state index in [1.165, 1.54) is 6.07 Å². The minimum Gasteiger partial charge on any atom is -0.370 e. The molecule has 0 unspecified atom stereocenters. The number of amides is 1. The third-order valence-electron chi connectivity index (χ3n) is 3.53. The highest BCUT2D eigenvalue weighted by Gasteiger charge is 2.11. The summed E-state index contributed by atoms with van der Waals surface area (Å²) in [6, 6.07) is 13.4. The number of nitrogens with two attached hydrogens (primary N) is 1. The summed E-state index contributed by atoms with van der Waals surface area (Å²) in [5, 5.41) is 4.58. The molecule has 7 nitrogen and oxygen atoms in total. The predicted octanol–water partition coefficient (Wildman–Crippen LogP) is 2.14. The highest BCUT2D eigenvalue weighted by atomic mass is 32.2. The van der Waals surface area contributed by atoms with Gasteiger partial charge in [0.05, 0.1) is 0 Å². The van der Waals surface area contributed by atoms with Gasteiger partial charge in [0, 0.05) is 34.7 Å². The summed E-state index contributed by atoms with van der Waals surface area (Å²) in [6.45, 7) is 0. The molecule has 25 heavy (non-hydrogen) atoms.